The van der Waals surface area contributed by atoms with Gasteiger partial charge in [-0.1, -0.05) is 107 Å². The minimum atomic E-state index is 0.691. The van der Waals surface area contributed by atoms with E-state index in [0.29, 0.717) is 35.5 Å². The maximum atomic E-state index is 2.63. The van der Waals surface area contributed by atoms with Crippen LogP contribution in [0.3, 0.4) is 0 Å². The summed E-state index contributed by atoms with van der Waals surface area (Å²) in [6.07, 6.45) is 10.8. The van der Waals surface area contributed by atoms with Crippen molar-refractivity contribution in [1.82, 2.24) is 0 Å². The quantitative estimate of drug-likeness (QED) is 0.202. The highest BCUT2D eigenvalue weighted by Crippen LogP contribution is 2.29. The van der Waals surface area contributed by atoms with Crippen molar-refractivity contribution in [1.29, 1.82) is 0 Å². The van der Waals surface area contributed by atoms with Gasteiger partial charge in [-0.25, -0.2) is 0 Å². The first-order valence-electron chi connectivity index (χ1n) is 16.5. The van der Waals surface area contributed by atoms with Crippen molar-refractivity contribution >= 4 is 0 Å². The zero-order valence-corrected chi connectivity index (χ0v) is 28.1. The summed E-state index contributed by atoms with van der Waals surface area (Å²) in [6, 6.07) is 10.5. The van der Waals surface area contributed by atoms with Gasteiger partial charge in [0.1, 0.15) is 0 Å². The van der Waals surface area contributed by atoms with Crippen molar-refractivity contribution in [2.45, 2.75) is 141 Å². The van der Waals surface area contributed by atoms with Crippen LogP contribution in [-0.4, -0.2) is 0 Å². The highest BCUT2D eigenvalue weighted by molar-refractivity contribution is 5.41. The lowest BCUT2D eigenvalue weighted by Crippen LogP contribution is -2.10. The van der Waals surface area contributed by atoms with Crippen LogP contribution >= 0.6 is 0 Å². The van der Waals surface area contributed by atoms with E-state index in [1.807, 2.05) is 0 Å². The van der Waals surface area contributed by atoms with Crippen molar-refractivity contribution in [3.63, 3.8) is 0 Å². The molecule has 0 aliphatic carbocycles. The van der Waals surface area contributed by atoms with Gasteiger partial charge < -0.3 is 0 Å². The molecule has 0 saturated carbocycles. The summed E-state index contributed by atoms with van der Waals surface area (Å²) in [7, 11) is 0. The molecule has 0 aliphatic heterocycles. The third kappa shape index (κ3) is 11.8. The average Bonchev–Trinajstić information content (AvgIpc) is 2.76. The van der Waals surface area contributed by atoms with Crippen molar-refractivity contribution < 1.29 is 0 Å². The molecule has 0 amide bonds. The van der Waals surface area contributed by atoms with Gasteiger partial charge in [0.05, 0.1) is 0 Å². The SMILES string of the molecule is CC(C)Cc1cc(CC(C)C)c(CC(C)C)cc1CCCc1cc(CC(C)C)c(CC(C)C)cc1CC(C)C. The van der Waals surface area contributed by atoms with E-state index in [0.717, 1.165) is 0 Å². The zero-order valence-electron chi connectivity index (χ0n) is 28.1. The Morgan fingerprint density at radius 3 is 0.692 bits per heavy atom. The maximum absolute atomic E-state index is 2.63. The Morgan fingerprint density at radius 1 is 0.308 bits per heavy atom. The van der Waals surface area contributed by atoms with Crippen molar-refractivity contribution in [3.8, 4) is 0 Å². The van der Waals surface area contributed by atoms with Gasteiger partial charge in [-0.05, 0) is 138 Å². The molecule has 220 valence electrons. The van der Waals surface area contributed by atoms with Crippen LogP contribution in [0.1, 0.15) is 134 Å². The fourth-order valence-electron chi connectivity index (χ4n) is 6.30. The lowest BCUT2D eigenvalue weighted by molar-refractivity contribution is 0.606. The highest BCUT2D eigenvalue weighted by Gasteiger charge is 2.16. The summed E-state index contributed by atoms with van der Waals surface area (Å²) in [5, 5.41) is 0. The average molecular weight is 533 g/mol. The molecule has 0 spiro atoms. The van der Waals surface area contributed by atoms with Gasteiger partial charge in [0.15, 0.2) is 0 Å². The first-order valence-corrected chi connectivity index (χ1v) is 16.5. The van der Waals surface area contributed by atoms with Crippen molar-refractivity contribution in [2.75, 3.05) is 0 Å². The second-order valence-electron chi connectivity index (χ2n) is 15.2. The first-order chi connectivity index (χ1) is 18.2. The highest BCUT2D eigenvalue weighted by atomic mass is 14.2. The molecule has 0 atom stereocenters. The van der Waals surface area contributed by atoms with Crippen LogP contribution in [0, 0.1) is 35.5 Å². The third-order valence-electron chi connectivity index (χ3n) is 7.70. The van der Waals surface area contributed by atoms with Crippen molar-refractivity contribution in [3.05, 3.63) is 68.8 Å². The maximum Gasteiger partial charge on any atom is -0.0253 e. The molecular weight excluding hydrogens is 468 g/mol. The molecule has 0 N–H and O–H groups in total. The van der Waals surface area contributed by atoms with Crippen LogP contribution in [-0.2, 0) is 51.4 Å². The van der Waals surface area contributed by atoms with E-state index in [2.05, 4.69) is 107 Å². The van der Waals surface area contributed by atoms with Crippen LogP contribution in [0.15, 0.2) is 24.3 Å². The van der Waals surface area contributed by atoms with Gasteiger partial charge >= 0.3 is 0 Å². The van der Waals surface area contributed by atoms with E-state index in [1.165, 1.54) is 57.8 Å². The molecule has 0 bridgehead atoms. The summed E-state index contributed by atoms with van der Waals surface area (Å²) < 4.78 is 0. The molecule has 0 radical (unpaired) electrons. The van der Waals surface area contributed by atoms with E-state index in [4.69, 9.17) is 0 Å². The summed E-state index contributed by atoms with van der Waals surface area (Å²) in [6.45, 7) is 28.4. The molecule has 0 saturated heterocycles. The van der Waals surface area contributed by atoms with Gasteiger partial charge in [0.25, 0.3) is 0 Å². The van der Waals surface area contributed by atoms with E-state index >= 15 is 0 Å². The lowest BCUT2D eigenvalue weighted by Gasteiger charge is -2.21. The number of hydrogen-bond acceptors (Lipinski definition) is 0. The summed E-state index contributed by atoms with van der Waals surface area (Å²) in [4.78, 5) is 0. The topological polar surface area (TPSA) is 0 Å². The molecule has 0 nitrogen and oxygen atoms in total. The van der Waals surface area contributed by atoms with Crippen LogP contribution in [0.25, 0.3) is 0 Å². The summed E-state index contributed by atoms with van der Waals surface area (Å²) in [5.74, 6) is 4.18. The molecule has 0 heterocycles. The molecule has 0 heteroatoms. The molecule has 2 aromatic rings. The van der Waals surface area contributed by atoms with Crippen LogP contribution in [0.2, 0.25) is 0 Å². The molecule has 0 unspecified atom stereocenters. The molecule has 2 rings (SSSR count). The van der Waals surface area contributed by atoms with Gasteiger partial charge in [-0.3, -0.25) is 0 Å². The smallest absolute Gasteiger partial charge is 0.0253 e. The largest absolute Gasteiger partial charge is 0.0625 e. The van der Waals surface area contributed by atoms with E-state index in [1.54, 1.807) is 44.5 Å². The molecule has 0 aromatic heterocycles. The fourth-order valence-corrected chi connectivity index (χ4v) is 6.30. The Kier molecular flexibility index (Phi) is 13.8. The second-order valence-corrected chi connectivity index (χ2v) is 15.2. The van der Waals surface area contributed by atoms with Crippen LogP contribution < -0.4 is 0 Å². The molecule has 0 aliphatic rings. The van der Waals surface area contributed by atoms with Crippen LogP contribution in [0.4, 0.5) is 0 Å². The standard InChI is InChI=1S/C39H64/c1-26(2)16-34-24-38(20-30(9)10)36(18-28(5)6)22-32(34)14-13-15-33-23-37(19-29(7)8)39(21-31(11)12)25-35(33)17-27(3)4/h22-31H,13-21H2,1-12H3. The number of benzene rings is 2. The van der Waals surface area contributed by atoms with Gasteiger partial charge in [0.2, 0.25) is 0 Å². The predicted octanol–water partition coefficient (Wildman–Crippen LogP) is 11.1. The Hall–Kier alpha value is -1.56. The number of aryl methyl sites for hydroxylation is 2. The molecule has 39 heavy (non-hydrogen) atoms. The van der Waals surface area contributed by atoms with Crippen molar-refractivity contribution in [2.24, 2.45) is 35.5 Å². The normalized spacial score (nSPS) is 12.4. The lowest BCUT2D eigenvalue weighted by atomic mass is 9.84. The Labute approximate surface area is 244 Å². The monoisotopic (exact) mass is 533 g/mol. The van der Waals surface area contributed by atoms with E-state index < -0.39 is 0 Å². The molecule has 2 aromatic carbocycles. The van der Waals surface area contributed by atoms with Gasteiger partial charge in [0, 0.05) is 0 Å². The van der Waals surface area contributed by atoms with E-state index in [-0.39, 0.29) is 0 Å². The summed E-state index contributed by atoms with van der Waals surface area (Å²) in [5.41, 5.74) is 12.9. The molecular formula is C39H64. The summed E-state index contributed by atoms with van der Waals surface area (Å²) >= 11 is 0. The minimum Gasteiger partial charge on any atom is -0.0625 e. The zero-order chi connectivity index (χ0) is 29.3. The third-order valence-corrected chi connectivity index (χ3v) is 7.70. The predicted molar refractivity (Wildman–Crippen MR) is 176 cm³/mol. The Balaban J connectivity index is 2.41. The molecule has 0 fully saturated rings. The van der Waals surface area contributed by atoms with Gasteiger partial charge in [-0.15, -0.1) is 0 Å². The Bertz CT molecular complexity index is 918. The fraction of sp³-hybridized carbons (Fsp3) is 0.692. The first kappa shape index (κ1) is 33.6. The van der Waals surface area contributed by atoms with Crippen LogP contribution in [0.5, 0.6) is 0 Å². The van der Waals surface area contributed by atoms with Gasteiger partial charge in [-0.2, -0.15) is 0 Å². The number of rotatable bonds is 16. The Morgan fingerprint density at radius 2 is 0.487 bits per heavy atom. The second kappa shape index (κ2) is 16.0. The number of hydrogen-bond donors (Lipinski definition) is 0. The minimum absolute atomic E-state index is 0.691. The van der Waals surface area contributed by atoms with E-state index in [9.17, 15) is 0 Å².